The first-order chi connectivity index (χ1) is 9.46. The second-order valence-corrected chi connectivity index (χ2v) is 7.14. The molecule has 0 spiro atoms. The molecule has 2 aromatic carbocycles. The Bertz CT molecular complexity index is 696. The normalized spacial score (nSPS) is 13.2. The largest absolute Gasteiger partial charge is 0.329 e. The summed E-state index contributed by atoms with van der Waals surface area (Å²) in [4.78, 5) is 0.262. The SMILES string of the molecule is Cc1ccc(S(=O)(=O)[C@@H](CN)c2ccccc2Cl)cc1. The lowest BCUT2D eigenvalue weighted by molar-refractivity contribution is 0.582. The number of rotatable bonds is 4. The molecule has 0 saturated carbocycles. The Hall–Kier alpha value is -1.36. The van der Waals surface area contributed by atoms with Gasteiger partial charge in [-0.25, -0.2) is 8.42 Å². The number of nitrogens with two attached hydrogens (primary N) is 1. The molecule has 0 aliphatic rings. The maximum absolute atomic E-state index is 12.7. The fourth-order valence-electron chi connectivity index (χ4n) is 2.05. The van der Waals surface area contributed by atoms with Gasteiger partial charge in [-0.15, -0.1) is 0 Å². The molecule has 2 aromatic rings. The van der Waals surface area contributed by atoms with Crippen LogP contribution in [0.15, 0.2) is 53.4 Å². The first-order valence-electron chi connectivity index (χ1n) is 6.22. The Kier molecular flexibility index (Phi) is 4.48. The van der Waals surface area contributed by atoms with Gasteiger partial charge in [0.1, 0.15) is 5.25 Å². The molecule has 1 atom stereocenters. The van der Waals surface area contributed by atoms with Crippen LogP contribution < -0.4 is 5.73 Å². The monoisotopic (exact) mass is 309 g/mol. The van der Waals surface area contributed by atoms with E-state index in [-0.39, 0.29) is 11.4 Å². The molecule has 0 fully saturated rings. The highest BCUT2D eigenvalue weighted by Gasteiger charge is 2.29. The summed E-state index contributed by atoms with van der Waals surface area (Å²) in [6.45, 7) is 1.89. The summed E-state index contributed by atoms with van der Waals surface area (Å²) < 4.78 is 25.4. The van der Waals surface area contributed by atoms with E-state index in [1.54, 1.807) is 48.5 Å². The van der Waals surface area contributed by atoms with Crippen molar-refractivity contribution < 1.29 is 8.42 Å². The van der Waals surface area contributed by atoms with E-state index in [1.807, 2.05) is 6.92 Å². The van der Waals surface area contributed by atoms with Gasteiger partial charge >= 0.3 is 0 Å². The second kappa shape index (κ2) is 5.95. The van der Waals surface area contributed by atoms with Gasteiger partial charge in [-0.1, -0.05) is 47.5 Å². The lowest BCUT2D eigenvalue weighted by Gasteiger charge is -2.17. The first kappa shape index (κ1) is 15.0. The maximum atomic E-state index is 12.7. The number of hydrogen-bond acceptors (Lipinski definition) is 3. The molecule has 2 rings (SSSR count). The molecule has 5 heteroatoms. The smallest absolute Gasteiger partial charge is 0.186 e. The first-order valence-corrected chi connectivity index (χ1v) is 8.14. The Morgan fingerprint density at radius 1 is 1.10 bits per heavy atom. The van der Waals surface area contributed by atoms with E-state index in [0.717, 1.165) is 5.56 Å². The van der Waals surface area contributed by atoms with E-state index < -0.39 is 15.1 Å². The van der Waals surface area contributed by atoms with Crippen molar-refractivity contribution in [2.24, 2.45) is 5.73 Å². The average molecular weight is 310 g/mol. The molecule has 0 bridgehead atoms. The van der Waals surface area contributed by atoms with Gasteiger partial charge in [-0.05, 0) is 30.7 Å². The number of benzene rings is 2. The summed E-state index contributed by atoms with van der Waals surface area (Å²) in [5.74, 6) is 0. The molecule has 0 aliphatic heterocycles. The van der Waals surface area contributed by atoms with E-state index in [4.69, 9.17) is 17.3 Å². The highest BCUT2D eigenvalue weighted by molar-refractivity contribution is 7.91. The minimum atomic E-state index is -3.55. The molecule has 2 N–H and O–H groups in total. The third-order valence-electron chi connectivity index (χ3n) is 3.19. The molecule has 0 aliphatic carbocycles. The van der Waals surface area contributed by atoms with Crippen LogP contribution in [-0.2, 0) is 9.84 Å². The highest BCUT2D eigenvalue weighted by atomic mass is 35.5. The van der Waals surface area contributed by atoms with Crippen LogP contribution in [-0.4, -0.2) is 15.0 Å². The minimum Gasteiger partial charge on any atom is -0.329 e. The number of sulfone groups is 1. The van der Waals surface area contributed by atoms with Crippen LogP contribution in [0.5, 0.6) is 0 Å². The van der Waals surface area contributed by atoms with Gasteiger partial charge in [0.15, 0.2) is 9.84 Å². The van der Waals surface area contributed by atoms with Crippen molar-refractivity contribution in [1.82, 2.24) is 0 Å². The van der Waals surface area contributed by atoms with Gasteiger partial charge < -0.3 is 5.73 Å². The highest BCUT2D eigenvalue weighted by Crippen LogP contribution is 2.32. The molecular weight excluding hydrogens is 294 g/mol. The number of hydrogen-bond donors (Lipinski definition) is 1. The zero-order valence-corrected chi connectivity index (χ0v) is 12.7. The van der Waals surface area contributed by atoms with E-state index in [1.165, 1.54) is 0 Å². The third kappa shape index (κ3) is 2.87. The summed E-state index contributed by atoms with van der Waals surface area (Å²) in [5, 5.41) is -0.419. The molecule has 0 heterocycles. The van der Waals surface area contributed by atoms with Crippen LogP contribution in [0.2, 0.25) is 5.02 Å². The lowest BCUT2D eigenvalue weighted by Crippen LogP contribution is -2.22. The standard InChI is InChI=1S/C15H16ClNO2S/c1-11-6-8-12(9-7-11)20(18,19)15(10-17)13-4-2-3-5-14(13)16/h2-9,15H,10,17H2,1H3/t15-/m0/s1. The molecule has 0 amide bonds. The predicted molar refractivity (Wildman–Crippen MR) is 81.6 cm³/mol. The summed E-state index contributed by atoms with van der Waals surface area (Å²) in [6, 6.07) is 13.6. The van der Waals surface area contributed by atoms with Gasteiger partial charge in [0.05, 0.1) is 4.90 Å². The lowest BCUT2D eigenvalue weighted by atomic mass is 10.1. The van der Waals surface area contributed by atoms with E-state index in [2.05, 4.69) is 0 Å². The quantitative estimate of drug-likeness (QED) is 0.944. The van der Waals surface area contributed by atoms with Crippen molar-refractivity contribution in [3.63, 3.8) is 0 Å². The molecule has 0 aromatic heterocycles. The maximum Gasteiger partial charge on any atom is 0.186 e. The van der Waals surface area contributed by atoms with Crippen molar-refractivity contribution in [1.29, 1.82) is 0 Å². The Labute approximate surface area is 124 Å². The second-order valence-electron chi connectivity index (χ2n) is 4.60. The molecular formula is C15H16ClNO2S. The van der Waals surface area contributed by atoms with E-state index in [9.17, 15) is 8.42 Å². The summed E-state index contributed by atoms with van der Waals surface area (Å²) in [6.07, 6.45) is 0. The van der Waals surface area contributed by atoms with E-state index >= 15 is 0 Å². The zero-order valence-electron chi connectivity index (χ0n) is 11.1. The zero-order chi connectivity index (χ0) is 14.8. The van der Waals surface area contributed by atoms with Crippen LogP contribution in [0.25, 0.3) is 0 Å². The van der Waals surface area contributed by atoms with Crippen LogP contribution >= 0.6 is 11.6 Å². The van der Waals surface area contributed by atoms with Crippen molar-refractivity contribution in [3.05, 3.63) is 64.7 Å². The van der Waals surface area contributed by atoms with Crippen molar-refractivity contribution in [2.45, 2.75) is 17.1 Å². The summed E-state index contributed by atoms with van der Waals surface area (Å²) >= 11 is 6.10. The summed E-state index contributed by atoms with van der Waals surface area (Å²) in [7, 11) is -3.55. The number of halogens is 1. The Balaban J connectivity index is 2.51. The molecule has 0 saturated heterocycles. The van der Waals surface area contributed by atoms with Gasteiger partial charge in [0.2, 0.25) is 0 Å². The van der Waals surface area contributed by atoms with E-state index in [0.29, 0.717) is 10.6 Å². The van der Waals surface area contributed by atoms with Crippen LogP contribution in [0, 0.1) is 6.92 Å². The molecule has 106 valence electrons. The van der Waals surface area contributed by atoms with Gasteiger partial charge in [-0.3, -0.25) is 0 Å². The molecule has 3 nitrogen and oxygen atoms in total. The van der Waals surface area contributed by atoms with Crippen molar-refractivity contribution >= 4 is 21.4 Å². The molecule has 20 heavy (non-hydrogen) atoms. The predicted octanol–water partition coefficient (Wildman–Crippen LogP) is 3.12. The van der Waals surface area contributed by atoms with Gasteiger partial charge in [0, 0.05) is 11.6 Å². The van der Waals surface area contributed by atoms with Gasteiger partial charge in [-0.2, -0.15) is 0 Å². The van der Waals surface area contributed by atoms with Crippen LogP contribution in [0.3, 0.4) is 0 Å². The Morgan fingerprint density at radius 2 is 1.70 bits per heavy atom. The van der Waals surface area contributed by atoms with Crippen LogP contribution in [0.1, 0.15) is 16.4 Å². The number of aryl methyl sites for hydroxylation is 1. The van der Waals surface area contributed by atoms with Crippen molar-refractivity contribution in [3.8, 4) is 0 Å². The van der Waals surface area contributed by atoms with Crippen molar-refractivity contribution in [2.75, 3.05) is 6.54 Å². The third-order valence-corrected chi connectivity index (χ3v) is 5.66. The fourth-order valence-corrected chi connectivity index (χ4v) is 4.02. The van der Waals surface area contributed by atoms with Gasteiger partial charge in [0.25, 0.3) is 0 Å². The topological polar surface area (TPSA) is 60.2 Å². The summed E-state index contributed by atoms with van der Waals surface area (Å²) in [5.41, 5.74) is 7.23. The molecule has 0 radical (unpaired) electrons. The minimum absolute atomic E-state index is 0.0139. The molecule has 0 unspecified atom stereocenters. The Morgan fingerprint density at radius 3 is 2.25 bits per heavy atom. The average Bonchev–Trinajstić information content (AvgIpc) is 2.42. The fraction of sp³-hybridized carbons (Fsp3) is 0.200. The van der Waals surface area contributed by atoms with Crippen LogP contribution in [0.4, 0.5) is 0 Å².